The number of amides is 3. The number of likely N-dealkylation sites (tertiary alicyclic amines) is 1. The van der Waals surface area contributed by atoms with E-state index in [9.17, 15) is 31.9 Å². The van der Waals surface area contributed by atoms with Crippen molar-refractivity contribution in [2.45, 2.75) is 25.1 Å². The van der Waals surface area contributed by atoms with Crippen LogP contribution in [0.25, 0.3) is 0 Å². The fourth-order valence-electron chi connectivity index (χ4n) is 4.03. The van der Waals surface area contributed by atoms with Gasteiger partial charge in [0.05, 0.1) is 12.2 Å². The van der Waals surface area contributed by atoms with E-state index in [0.29, 0.717) is 12.8 Å². The molecule has 0 aliphatic carbocycles. The van der Waals surface area contributed by atoms with Crippen LogP contribution in [0, 0.1) is 11.7 Å². The summed E-state index contributed by atoms with van der Waals surface area (Å²) in [7, 11) is 1.49. The van der Waals surface area contributed by atoms with E-state index in [-0.39, 0.29) is 43.3 Å². The fraction of sp³-hybridized carbons (Fsp3) is 0.400. The first-order chi connectivity index (χ1) is 17.1. The lowest BCUT2D eigenvalue weighted by Crippen LogP contribution is -2.54. The molecule has 1 aliphatic heterocycles. The van der Waals surface area contributed by atoms with Crippen molar-refractivity contribution in [3.05, 3.63) is 71.0 Å². The molecule has 194 valence electrons. The Bertz CT molecular complexity index is 1050. The second-order valence-electron chi connectivity index (χ2n) is 8.45. The Kier molecular flexibility index (Phi) is 9.03. The van der Waals surface area contributed by atoms with Gasteiger partial charge in [-0.1, -0.05) is 0 Å². The predicted octanol–water partition coefficient (Wildman–Crippen LogP) is 3.26. The molecular weight excluding hydrogens is 482 g/mol. The lowest BCUT2D eigenvalue weighted by molar-refractivity contribution is -0.137. The average molecular weight is 510 g/mol. The van der Waals surface area contributed by atoms with Gasteiger partial charge in [0.25, 0.3) is 11.8 Å². The molecule has 2 N–H and O–H groups in total. The zero-order chi connectivity index (χ0) is 26.3. The van der Waals surface area contributed by atoms with Gasteiger partial charge in [0.1, 0.15) is 11.9 Å². The summed E-state index contributed by atoms with van der Waals surface area (Å²) in [5.41, 5.74) is -0.502. The van der Waals surface area contributed by atoms with E-state index in [1.807, 2.05) is 0 Å². The first kappa shape index (κ1) is 27.1. The molecule has 0 radical (unpaired) electrons. The second-order valence-corrected chi connectivity index (χ2v) is 8.45. The third kappa shape index (κ3) is 7.03. The molecule has 0 aromatic heterocycles. The smallest absolute Gasteiger partial charge is 0.383 e. The Labute approximate surface area is 205 Å². The van der Waals surface area contributed by atoms with Crippen LogP contribution in [0.2, 0.25) is 0 Å². The van der Waals surface area contributed by atoms with Crippen molar-refractivity contribution in [3.8, 4) is 0 Å². The maximum absolute atomic E-state index is 13.2. The molecule has 0 unspecified atom stereocenters. The van der Waals surface area contributed by atoms with E-state index in [1.54, 1.807) is 0 Å². The molecule has 3 rings (SSSR count). The number of nitrogens with one attached hydrogen (secondary N) is 2. The van der Waals surface area contributed by atoms with Crippen LogP contribution in [-0.4, -0.2) is 62.0 Å². The van der Waals surface area contributed by atoms with Gasteiger partial charge in [0, 0.05) is 37.9 Å². The van der Waals surface area contributed by atoms with Crippen molar-refractivity contribution < 1.29 is 36.7 Å². The van der Waals surface area contributed by atoms with Gasteiger partial charge in [-0.15, -0.1) is 0 Å². The van der Waals surface area contributed by atoms with Crippen molar-refractivity contribution in [1.82, 2.24) is 15.5 Å². The van der Waals surface area contributed by atoms with Crippen molar-refractivity contribution in [2.75, 3.05) is 33.4 Å². The lowest BCUT2D eigenvalue weighted by atomic mass is 9.88. The number of piperidine rings is 1. The van der Waals surface area contributed by atoms with E-state index < -0.39 is 41.3 Å². The number of nitrogens with zero attached hydrogens (tertiary/aromatic N) is 1. The zero-order valence-corrected chi connectivity index (χ0v) is 19.6. The summed E-state index contributed by atoms with van der Waals surface area (Å²) in [6.45, 7) is 1.05. The van der Waals surface area contributed by atoms with Crippen LogP contribution in [0.15, 0.2) is 48.5 Å². The average Bonchev–Trinajstić information content (AvgIpc) is 2.87. The molecule has 0 spiro atoms. The highest BCUT2D eigenvalue weighted by molar-refractivity contribution is 5.97. The normalized spacial score (nSPS) is 15.3. The maximum Gasteiger partial charge on any atom is 0.416 e. The van der Waals surface area contributed by atoms with Gasteiger partial charge in [-0.25, -0.2) is 4.39 Å². The minimum Gasteiger partial charge on any atom is -0.383 e. The number of ether oxygens (including phenoxy) is 1. The van der Waals surface area contributed by atoms with Gasteiger partial charge < -0.3 is 20.3 Å². The fourth-order valence-corrected chi connectivity index (χ4v) is 4.03. The summed E-state index contributed by atoms with van der Waals surface area (Å²) >= 11 is 0. The highest BCUT2D eigenvalue weighted by Crippen LogP contribution is 2.29. The van der Waals surface area contributed by atoms with Crippen LogP contribution in [0.1, 0.15) is 39.1 Å². The molecule has 1 aliphatic rings. The van der Waals surface area contributed by atoms with E-state index in [2.05, 4.69) is 10.6 Å². The molecule has 11 heteroatoms. The van der Waals surface area contributed by atoms with Crippen LogP contribution in [0.4, 0.5) is 17.6 Å². The number of halogens is 4. The molecule has 1 fully saturated rings. The monoisotopic (exact) mass is 509 g/mol. The molecule has 1 atom stereocenters. The highest BCUT2D eigenvalue weighted by Gasteiger charge is 2.35. The van der Waals surface area contributed by atoms with Crippen LogP contribution in [-0.2, 0) is 15.7 Å². The van der Waals surface area contributed by atoms with Crippen LogP contribution >= 0.6 is 0 Å². The molecule has 3 amide bonds. The minimum atomic E-state index is -4.49. The SMILES string of the molecule is COCCNC(=O)[C@H](NC(=O)c1ccc(F)cc1)C1CCN(C(=O)c2ccc(C(F)(F)F)cc2)CC1. The molecule has 1 saturated heterocycles. The Balaban J connectivity index is 1.66. The lowest BCUT2D eigenvalue weighted by Gasteiger charge is -2.36. The van der Waals surface area contributed by atoms with Crippen LogP contribution in [0.5, 0.6) is 0 Å². The standard InChI is InChI=1S/C25H27F4N3O4/c1-36-15-12-30-23(34)21(31-22(33)17-4-8-20(26)9-5-17)16-10-13-32(14-11-16)24(35)18-2-6-19(7-3-18)25(27,28)29/h2-9,16,21H,10-15H2,1H3,(H,30,34)(H,31,33)/t21-/m1/s1. The summed E-state index contributed by atoms with van der Waals surface area (Å²) in [4.78, 5) is 39.9. The topological polar surface area (TPSA) is 87.7 Å². The summed E-state index contributed by atoms with van der Waals surface area (Å²) in [5.74, 6) is -2.14. The number of hydrogen-bond acceptors (Lipinski definition) is 4. The first-order valence-electron chi connectivity index (χ1n) is 11.4. The quantitative estimate of drug-likeness (QED) is 0.423. The Morgan fingerprint density at radius 2 is 1.58 bits per heavy atom. The van der Waals surface area contributed by atoms with Gasteiger partial charge in [-0.05, 0) is 67.3 Å². The van der Waals surface area contributed by atoms with Crippen molar-refractivity contribution >= 4 is 17.7 Å². The predicted molar refractivity (Wildman–Crippen MR) is 123 cm³/mol. The summed E-state index contributed by atoms with van der Waals surface area (Å²) < 4.78 is 56.5. The summed E-state index contributed by atoms with van der Waals surface area (Å²) in [6, 6.07) is 8.05. The van der Waals surface area contributed by atoms with Gasteiger partial charge in [-0.3, -0.25) is 14.4 Å². The van der Waals surface area contributed by atoms with E-state index in [4.69, 9.17) is 4.74 Å². The molecule has 1 heterocycles. The third-order valence-corrected chi connectivity index (χ3v) is 6.04. The number of hydrogen-bond donors (Lipinski definition) is 2. The van der Waals surface area contributed by atoms with E-state index in [1.165, 1.54) is 24.1 Å². The maximum atomic E-state index is 13.2. The summed E-state index contributed by atoms with van der Waals surface area (Å²) in [5, 5.41) is 5.43. The van der Waals surface area contributed by atoms with Crippen molar-refractivity contribution in [1.29, 1.82) is 0 Å². The zero-order valence-electron chi connectivity index (χ0n) is 19.6. The number of methoxy groups -OCH3 is 1. The molecule has 0 saturated carbocycles. The first-order valence-corrected chi connectivity index (χ1v) is 11.4. The number of alkyl halides is 3. The van der Waals surface area contributed by atoms with Gasteiger partial charge >= 0.3 is 6.18 Å². The van der Waals surface area contributed by atoms with Gasteiger partial charge in [-0.2, -0.15) is 13.2 Å². The second kappa shape index (κ2) is 12.0. The van der Waals surface area contributed by atoms with Gasteiger partial charge in [0.15, 0.2) is 0 Å². The Hall–Kier alpha value is -3.47. The highest BCUT2D eigenvalue weighted by atomic mass is 19.4. The molecule has 36 heavy (non-hydrogen) atoms. The van der Waals surface area contributed by atoms with Crippen molar-refractivity contribution in [3.63, 3.8) is 0 Å². The van der Waals surface area contributed by atoms with Crippen molar-refractivity contribution in [2.24, 2.45) is 5.92 Å². The molecule has 7 nitrogen and oxygen atoms in total. The number of benzene rings is 2. The minimum absolute atomic E-state index is 0.139. The van der Waals surface area contributed by atoms with Crippen LogP contribution in [0.3, 0.4) is 0 Å². The largest absolute Gasteiger partial charge is 0.416 e. The molecule has 0 bridgehead atoms. The number of rotatable bonds is 8. The van der Waals surface area contributed by atoms with Crippen LogP contribution < -0.4 is 10.6 Å². The van der Waals surface area contributed by atoms with Gasteiger partial charge in [0.2, 0.25) is 5.91 Å². The Morgan fingerprint density at radius 3 is 2.14 bits per heavy atom. The number of carbonyl (C=O) groups is 3. The number of carbonyl (C=O) groups excluding carboxylic acids is 3. The molecule has 2 aromatic carbocycles. The Morgan fingerprint density at radius 1 is 1.00 bits per heavy atom. The van der Waals surface area contributed by atoms with E-state index in [0.717, 1.165) is 36.4 Å². The summed E-state index contributed by atoms with van der Waals surface area (Å²) in [6.07, 6.45) is -3.71. The van der Waals surface area contributed by atoms with E-state index >= 15 is 0 Å². The molecular formula is C25H27F4N3O4. The molecule has 2 aromatic rings. The third-order valence-electron chi connectivity index (χ3n) is 6.04.